The summed E-state index contributed by atoms with van der Waals surface area (Å²) < 4.78 is 24.6. The minimum absolute atomic E-state index is 0.0581. The van der Waals surface area contributed by atoms with E-state index in [1.165, 1.54) is 11.2 Å². The SMILES string of the molecule is CCc1cc2c(NC3CS(=O)(=O)c4ccccc43)ncnc2s1. The number of aromatic nitrogens is 2. The Kier molecular flexibility index (Phi) is 3.35. The van der Waals surface area contributed by atoms with Crippen molar-refractivity contribution in [3.63, 3.8) is 0 Å². The highest BCUT2D eigenvalue weighted by Crippen LogP contribution is 2.37. The van der Waals surface area contributed by atoms with Crippen LogP contribution in [0.3, 0.4) is 0 Å². The minimum atomic E-state index is -3.23. The van der Waals surface area contributed by atoms with Crippen LogP contribution in [0.15, 0.2) is 41.6 Å². The lowest BCUT2D eigenvalue weighted by molar-refractivity contribution is 0.598. The van der Waals surface area contributed by atoms with Crippen molar-refractivity contribution in [3.8, 4) is 0 Å². The molecule has 0 radical (unpaired) electrons. The second-order valence-electron chi connectivity index (χ2n) is 5.52. The number of fused-ring (bicyclic) bond motifs is 2. The Balaban J connectivity index is 1.76. The molecule has 5 nitrogen and oxygen atoms in total. The summed E-state index contributed by atoms with van der Waals surface area (Å²) in [7, 11) is -3.23. The molecule has 1 aliphatic heterocycles. The van der Waals surface area contributed by atoms with Gasteiger partial charge in [-0.3, -0.25) is 0 Å². The molecule has 1 aromatic carbocycles. The molecule has 1 atom stereocenters. The fourth-order valence-electron chi connectivity index (χ4n) is 2.93. The summed E-state index contributed by atoms with van der Waals surface area (Å²) in [6.07, 6.45) is 2.47. The van der Waals surface area contributed by atoms with Crippen molar-refractivity contribution >= 4 is 37.2 Å². The molecular weight excluding hydrogens is 330 g/mol. The predicted molar refractivity (Wildman–Crippen MR) is 91.7 cm³/mol. The van der Waals surface area contributed by atoms with Crippen molar-refractivity contribution < 1.29 is 8.42 Å². The Morgan fingerprint density at radius 3 is 2.96 bits per heavy atom. The molecule has 118 valence electrons. The number of nitrogens with one attached hydrogen (secondary N) is 1. The zero-order valence-electron chi connectivity index (χ0n) is 12.5. The Labute approximate surface area is 138 Å². The van der Waals surface area contributed by atoms with Gasteiger partial charge in [-0.15, -0.1) is 11.3 Å². The van der Waals surface area contributed by atoms with Crippen molar-refractivity contribution in [2.45, 2.75) is 24.3 Å². The van der Waals surface area contributed by atoms with Gasteiger partial charge in [0.05, 0.1) is 22.1 Å². The van der Waals surface area contributed by atoms with Crippen LogP contribution in [-0.2, 0) is 16.3 Å². The number of rotatable bonds is 3. The first-order valence-corrected chi connectivity index (χ1v) is 9.87. The standard InChI is InChI=1S/C16H15N3O2S2/c1-2-10-7-12-15(17-9-18-16(12)22-10)19-13-8-23(20,21)14-6-4-3-5-11(13)14/h3-7,9,13H,2,8H2,1H3,(H,17,18,19). The van der Waals surface area contributed by atoms with Crippen molar-refractivity contribution in [2.24, 2.45) is 0 Å². The number of aryl methyl sites for hydroxylation is 1. The van der Waals surface area contributed by atoms with Gasteiger partial charge in [0, 0.05) is 4.88 Å². The largest absolute Gasteiger partial charge is 0.362 e. The second-order valence-corrected chi connectivity index (χ2v) is 8.64. The number of hydrogen-bond donors (Lipinski definition) is 1. The molecule has 2 aromatic heterocycles. The lowest BCUT2D eigenvalue weighted by atomic mass is 10.1. The smallest absolute Gasteiger partial charge is 0.181 e. The van der Waals surface area contributed by atoms with Crippen molar-refractivity contribution in [1.82, 2.24) is 9.97 Å². The number of benzene rings is 1. The van der Waals surface area contributed by atoms with Gasteiger partial charge in [-0.05, 0) is 24.1 Å². The molecule has 0 fully saturated rings. The van der Waals surface area contributed by atoms with Crippen LogP contribution < -0.4 is 5.32 Å². The van der Waals surface area contributed by atoms with Gasteiger partial charge in [0.2, 0.25) is 0 Å². The molecule has 0 saturated heterocycles. The van der Waals surface area contributed by atoms with Gasteiger partial charge >= 0.3 is 0 Å². The zero-order valence-corrected chi connectivity index (χ0v) is 14.1. The molecule has 3 aromatic rings. The van der Waals surface area contributed by atoms with Crippen molar-refractivity contribution in [1.29, 1.82) is 0 Å². The second kappa shape index (κ2) is 5.28. The summed E-state index contributed by atoms with van der Waals surface area (Å²) in [6.45, 7) is 2.10. The predicted octanol–water partition coefficient (Wildman–Crippen LogP) is 3.19. The molecule has 0 spiro atoms. The summed E-state index contributed by atoms with van der Waals surface area (Å²) in [6, 6.07) is 8.96. The van der Waals surface area contributed by atoms with Gasteiger partial charge < -0.3 is 5.32 Å². The van der Waals surface area contributed by atoms with E-state index < -0.39 is 9.84 Å². The number of thiophene rings is 1. The Morgan fingerprint density at radius 1 is 1.30 bits per heavy atom. The van der Waals surface area contributed by atoms with Crippen LogP contribution in [0.5, 0.6) is 0 Å². The molecule has 0 bridgehead atoms. The fourth-order valence-corrected chi connectivity index (χ4v) is 5.60. The van der Waals surface area contributed by atoms with E-state index in [1.54, 1.807) is 23.5 Å². The van der Waals surface area contributed by atoms with Crippen LogP contribution in [0.25, 0.3) is 10.2 Å². The van der Waals surface area contributed by atoms with E-state index >= 15 is 0 Å². The highest BCUT2D eigenvalue weighted by molar-refractivity contribution is 7.91. The van der Waals surface area contributed by atoms with E-state index in [2.05, 4.69) is 28.3 Å². The van der Waals surface area contributed by atoms with Gasteiger partial charge in [-0.1, -0.05) is 25.1 Å². The van der Waals surface area contributed by atoms with Gasteiger partial charge in [0.25, 0.3) is 0 Å². The summed E-state index contributed by atoms with van der Waals surface area (Å²) in [5, 5.41) is 4.26. The van der Waals surface area contributed by atoms with E-state index in [0.29, 0.717) is 10.7 Å². The third kappa shape index (κ3) is 2.40. The average Bonchev–Trinajstić information content (AvgIpc) is 3.08. The molecule has 0 saturated carbocycles. The maximum absolute atomic E-state index is 12.3. The van der Waals surface area contributed by atoms with Crippen LogP contribution in [0, 0.1) is 0 Å². The molecular formula is C16H15N3O2S2. The van der Waals surface area contributed by atoms with Gasteiger partial charge in [0.15, 0.2) is 9.84 Å². The summed E-state index contributed by atoms with van der Waals surface area (Å²) in [5.41, 5.74) is 0.810. The third-order valence-corrected chi connectivity index (χ3v) is 7.06. The average molecular weight is 345 g/mol. The quantitative estimate of drug-likeness (QED) is 0.789. The first-order chi connectivity index (χ1) is 11.1. The van der Waals surface area contributed by atoms with Gasteiger partial charge in [0.1, 0.15) is 17.0 Å². The molecule has 1 N–H and O–H groups in total. The number of hydrogen-bond acceptors (Lipinski definition) is 6. The molecule has 0 aliphatic carbocycles. The number of nitrogens with zero attached hydrogens (tertiary/aromatic N) is 2. The summed E-state index contributed by atoms with van der Waals surface area (Å²) in [5.74, 6) is 0.755. The molecule has 23 heavy (non-hydrogen) atoms. The Bertz CT molecular complexity index is 995. The maximum Gasteiger partial charge on any atom is 0.181 e. The fraction of sp³-hybridized carbons (Fsp3) is 0.250. The highest BCUT2D eigenvalue weighted by Gasteiger charge is 2.34. The monoisotopic (exact) mass is 345 g/mol. The topological polar surface area (TPSA) is 72.0 Å². The zero-order chi connectivity index (χ0) is 16.0. The molecule has 1 unspecified atom stereocenters. The number of sulfone groups is 1. The van der Waals surface area contributed by atoms with E-state index in [0.717, 1.165) is 22.2 Å². The third-order valence-electron chi connectivity index (χ3n) is 4.06. The first kappa shape index (κ1) is 14.6. The molecule has 0 amide bonds. The lowest BCUT2D eigenvalue weighted by Gasteiger charge is -2.13. The summed E-state index contributed by atoms with van der Waals surface area (Å²) >= 11 is 1.65. The van der Waals surface area contributed by atoms with E-state index in [1.807, 2.05) is 12.1 Å². The lowest BCUT2D eigenvalue weighted by Crippen LogP contribution is -2.14. The van der Waals surface area contributed by atoms with Crippen LogP contribution >= 0.6 is 11.3 Å². The van der Waals surface area contributed by atoms with Gasteiger partial charge in [-0.2, -0.15) is 0 Å². The van der Waals surface area contributed by atoms with Gasteiger partial charge in [-0.25, -0.2) is 18.4 Å². The molecule has 1 aliphatic rings. The molecule has 4 rings (SSSR count). The maximum atomic E-state index is 12.3. The van der Waals surface area contributed by atoms with E-state index in [9.17, 15) is 8.42 Å². The van der Waals surface area contributed by atoms with E-state index in [4.69, 9.17) is 0 Å². The van der Waals surface area contributed by atoms with Crippen molar-refractivity contribution in [3.05, 3.63) is 47.1 Å². The van der Waals surface area contributed by atoms with E-state index in [-0.39, 0.29) is 11.8 Å². The Hall–Kier alpha value is -1.99. The normalized spacial score (nSPS) is 18.9. The van der Waals surface area contributed by atoms with Crippen LogP contribution in [0.2, 0.25) is 0 Å². The molecule has 3 heterocycles. The first-order valence-electron chi connectivity index (χ1n) is 7.40. The van der Waals surface area contributed by atoms with Crippen molar-refractivity contribution in [2.75, 3.05) is 11.1 Å². The highest BCUT2D eigenvalue weighted by atomic mass is 32.2. The van der Waals surface area contributed by atoms with Crippen LogP contribution in [-0.4, -0.2) is 24.1 Å². The number of anilines is 1. The minimum Gasteiger partial charge on any atom is -0.362 e. The summed E-state index contributed by atoms with van der Waals surface area (Å²) in [4.78, 5) is 11.2. The van der Waals surface area contributed by atoms with Crippen LogP contribution in [0.4, 0.5) is 5.82 Å². The molecule has 7 heteroatoms. The Morgan fingerprint density at radius 2 is 2.13 bits per heavy atom. The van der Waals surface area contributed by atoms with Crippen LogP contribution in [0.1, 0.15) is 23.4 Å².